The van der Waals surface area contributed by atoms with Crippen LogP contribution in [0.2, 0.25) is 0 Å². The number of hydrogen-bond donors (Lipinski definition) is 1. The van der Waals surface area contributed by atoms with Crippen molar-refractivity contribution in [3.63, 3.8) is 0 Å². The van der Waals surface area contributed by atoms with Crippen molar-refractivity contribution in [2.45, 2.75) is 19.0 Å². The minimum atomic E-state index is -0.727. The number of likely N-dealkylation sites (N-methyl/N-ethyl adjacent to an activating group) is 1. The van der Waals surface area contributed by atoms with E-state index in [1.165, 1.54) is 0 Å². The zero-order valence-electron chi connectivity index (χ0n) is 17.2. The van der Waals surface area contributed by atoms with Crippen molar-refractivity contribution < 1.29 is 14.3 Å². The SMILES string of the molecule is CNC(=O)[C@@H](c1ccccc1)N(Cc1ccc(OC)cc1)C(=O)Cc1ccccc1. The van der Waals surface area contributed by atoms with Crippen LogP contribution >= 0.6 is 0 Å². The third kappa shape index (κ3) is 5.26. The Morgan fingerprint density at radius 1 is 0.867 bits per heavy atom. The van der Waals surface area contributed by atoms with Crippen LogP contribution in [0.3, 0.4) is 0 Å². The van der Waals surface area contributed by atoms with Crippen LogP contribution in [-0.2, 0) is 22.6 Å². The summed E-state index contributed by atoms with van der Waals surface area (Å²) in [4.78, 5) is 27.9. The Hall–Kier alpha value is -3.60. The van der Waals surface area contributed by atoms with E-state index in [-0.39, 0.29) is 18.2 Å². The van der Waals surface area contributed by atoms with Gasteiger partial charge in [-0.2, -0.15) is 0 Å². The largest absolute Gasteiger partial charge is 0.497 e. The van der Waals surface area contributed by atoms with Gasteiger partial charge >= 0.3 is 0 Å². The lowest BCUT2D eigenvalue weighted by atomic mass is 10.0. The summed E-state index contributed by atoms with van der Waals surface area (Å²) >= 11 is 0. The second-order valence-corrected chi connectivity index (χ2v) is 6.96. The standard InChI is InChI=1S/C25H26N2O3/c1-26-25(29)24(21-11-7-4-8-12-21)27(18-20-13-15-22(30-2)16-14-20)23(28)17-19-9-5-3-6-10-19/h3-16,24H,17-18H2,1-2H3,(H,26,29)/t24-/m1/s1. The van der Waals surface area contributed by atoms with E-state index in [4.69, 9.17) is 4.74 Å². The second-order valence-electron chi connectivity index (χ2n) is 6.96. The molecule has 0 unspecified atom stereocenters. The van der Waals surface area contributed by atoms with Gasteiger partial charge in [-0.3, -0.25) is 9.59 Å². The van der Waals surface area contributed by atoms with Crippen molar-refractivity contribution in [1.29, 1.82) is 0 Å². The number of methoxy groups -OCH3 is 1. The summed E-state index contributed by atoms with van der Waals surface area (Å²) in [5.74, 6) is 0.400. The molecule has 0 heterocycles. The fourth-order valence-corrected chi connectivity index (χ4v) is 3.37. The third-order valence-corrected chi connectivity index (χ3v) is 4.95. The molecular formula is C25H26N2O3. The van der Waals surface area contributed by atoms with Crippen LogP contribution in [0, 0.1) is 0 Å². The van der Waals surface area contributed by atoms with Gasteiger partial charge in [0, 0.05) is 13.6 Å². The molecule has 3 aromatic carbocycles. The van der Waals surface area contributed by atoms with Crippen LogP contribution in [0.25, 0.3) is 0 Å². The van der Waals surface area contributed by atoms with Gasteiger partial charge in [-0.25, -0.2) is 0 Å². The van der Waals surface area contributed by atoms with Gasteiger partial charge in [0.2, 0.25) is 11.8 Å². The van der Waals surface area contributed by atoms with Gasteiger partial charge in [0.1, 0.15) is 11.8 Å². The molecule has 2 amide bonds. The fourth-order valence-electron chi connectivity index (χ4n) is 3.37. The lowest BCUT2D eigenvalue weighted by Crippen LogP contribution is -2.43. The Bertz CT molecular complexity index is 957. The van der Waals surface area contributed by atoms with Crippen molar-refractivity contribution in [3.05, 3.63) is 102 Å². The number of rotatable bonds is 8. The van der Waals surface area contributed by atoms with E-state index in [0.29, 0.717) is 6.54 Å². The Labute approximate surface area is 177 Å². The average Bonchev–Trinajstić information content (AvgIpc) is 2.80. The Morgan fingerprint density at radius 2 is 1.47 bits per heavy atom. The van der Waals surface area contributed by atoms with Gasteiger partial charge in [-0.15, -0.1) is 0 Å². The molecule has 1 N–H and O–H groups in total. The van der Waals surface area contributed by atoms with Crippen molar-refractivity contribution in [3.8, 4) is 5.75 Å². The molecule has 0 bridgehead atoms. The summed E-state index contributed by atoms with van der Waals surface area (Å²) in [7, 11) is 3.20. The molecule has 0 spiro atoms. The highest BCUT2D eigenvalue weighted by molar-refractivity contribution is 5.89. The number of benzene rings is 3. The minimum absolute atomic E-state index is 0.116. The highest BCUT2D eigenvalue weighted by atomic mass is 16.5. The van der Waals surface area contributed by atoms with E-state index in [9.17, 15) is 9.59 Å². The van der Waals surface area contributed by atoms with E-state index in [1.54, 1.807) is 19.1 Å². The molecule has 0 aromatic heterocycles. The Balaban J connectivity index is 1.97. The minimum Gasteiger partial charge on any atom is -0.497 e. The van der Waals surface area contributed by atoms with Gasteiger partial charge in [0.25, 0.3) is 0 Å². The topological polar surface area (TPSA) is 58.6 Å². The molecular weight excluding hydrogens is 376 g/mol. The van der Waals surface area contributed by atoms with Crippen LogP contribution in [0.5, 0.6) is 5.75 Å². The van der Waals surface area contributed by atoms with Gasteiger partial charge in [0.05, 0.1) is 13.5 Å². The van der Waals surface area contributed by atoms with Crippen molar-refractivity contribution in [2.24, 2.45) is 0 Å². The molecule has 0 aliphatic rings. The van der Waals surface area contributed by atoms with Crippen LogP contribution < -0.4 is 10.1 Å². The Kier molecular flexibility index (Phi) is 7.22. The fraction of sp³-hybridized carbons (Fsp3) is 0.200. The molecule has 3 aromatic rings. The van der Waals surface area contributed by atoms with Gasteiger partial charge in [-0.1, -0.05) is 72.8 Å². The quantitative estimate of drug-likeness (QED) is 0.624. The van der Waals surface area contributed by atoms with E-state index < -0.39 is 6.04 Å². The molecule has 1 atom stereocenters. The third-order valence-electron chi connectivity index (χ3n) is 4.95. The normalized spacial score (nSPS) is 11.4. The number of amides is 2. The van der Waals surface area contributed by atoms with E-state index in [2.05, 4.69) is 5.32 Å². The Morgan fingerprint density at radius 3 is 2.03 bits per heavy atom. The molecule has 0 saturated carbocycles. The summed E-state index contributed by atoms with van der Waals surface area (Å²) in [6, 6.07) is 25.7. The van der Waals surface area contributed by atoms with Gasteiger partial charge < -0.3 is 15.0 Å². The molecule has 0 aliphatic heterocycles. The van der Waals surface area contributed by atoms with Crippen molar-refractivity contribution >= 4 is 11.8 Å². The average molecular weight is 402 g/mol. The molecule has 154 valence electrons. The molecule has 5 nitrogen and oxygen atoms in total. The van der Waals surface area contributed by atoms with E-state index >= 15 is 0 Å². The molecule has 0 saturated heterocycles. The van der Waals surface area contributed by atoms with Gasteiger partial charge in [0.15, 0.2) is 0 Å². The summed E-state index contributed by atoms with van der Waals surface area (Å²) < 4.78 is 5.23. The molecule has 0 fully saturated rings. The number of hydrogen-bond acceptors (Lipinski definition) is 3. The van der Waals surface area contributed by atoms with E-state index in [1.807, 2.05) is 84.9 Å². The molecule has 5 heteroatoms. The smallest absolute Gasteiger partial charge is 0.247 e. The number of ether oxygens (including phenoxy) is 1. The van der Waals surface area contributed by atoms with Crippen LogP contribution in [-0.4, -0.2) is 30.9 Å². The summed E-state index contributed by atoms with van der Waals surface area (Å²) in [5.41, 5.74) is 2.60. The predicted octanol–water partition coefficient (Wildman–Crippen LogP) is 3.75. The van der Waals surface area contributed by atoms with Crippen molar-refractivity contribution in [2.75, 3.05) is 14.2 Å². The first-order valence-electron chi connectivity index (χ1n) is 9.85. The molecule has 30 heavy (non-hydrogen) atoms. The molecule has 0 radical (unpaired) electrons. The maximum absolute atomic E-state index is 13.4. The summed E-state index contributed by atoms with van der Waals surface area (Å²) in [6.45, 7) is 0.308. The highest BCUT2D eigenvalue weighted by Crippen LogP contribution is 2.25. The maximum Gasteiger partial charge on any atom is 0.247 e. The van der Waals surface area contributed by atoms with Crippen molar-refractivity contribution in [1.82, 2.24) is 10.2 Å². The lowest BCUT2D eigenvalue weighted by Gasteiger charge is -2.31. The lowest BCUT2D eigenvalue weighted by molar-refractivity contribution is -0.141. The maximum atomic E-state index is 13.4. The second kappa shape index (κ2) is 10.3. The number of carbonyl (C=O) groups excluding carboxylic acids is 2. The van der Waals surface area contributed by atoms with Gasteiger partial charge in [-0.05, 0) is 28.8 Å². The predicted molar refractivity (Wildman–Crippen MR) is 117 cm³/mol. The summed E-state index contributed by atoms with van der Waals surface area (Å²) in [5, 5.41) is 2.71. The molecule has 0 aliphatic carbocycles. The monoisotopic (exact) mass is 402 g/mol. The zero-order chi connectivity index (χ0) is 21.3. The van der Waals surface area contributed by atoms with E-state index in [0.717, 1.165) is 22.4 Å². The van der Waals surface area contributed by atoms with Crippen LogP contribution in [0.4, 0.5) is 0 Å². The first-order valence-corrected chi connectivity index (χ1v) is 9.85. The van der Waals surface area contributed by atoms with Crippen LogP contribution in [0.1, 0.15) is 22.7 Å². The first kappa shape index (κ1) is 21.1. The highest BCUT2D eigenvalue weighted by Gasteiger charge is 2.30. The number of nitrogens with one attached hydrogen (secondary N) is 1. The number of nitrogens with zero attached hydrogens (tertiary/aromatic N) is 1. The number of carbonyl (C=O) groups is 2. The molecule has 3 rings (SSSR count). The first-order chi connectivity index (χ1) is 14.6. The summed E-state index contributed by atoms with van der Waals surface area (Å²) in [6.07, 6.45) is 0.220. The van der Waals surface area contributed by atoms with Crippen LogP contribution in [0.15, 0.2) is 84.9 Å². The zero-order valence-corrected chi connectivity index (χ0v) is 17.2.